The van der Waals surface area contributed by atoms with Crippen molar-refractivity contribution in [2.24, 2.45) is 0 Å². The van der Waals surface area contributed by atoms with Gasteiger partial charge < -0.3 is 4.74 Å². The van der Waals surface area contributed by atoms with Crippen molar-refractivity contribution in [3.8, 4) is 18.1 Å². The molecule has 1 heterocycles. The van der Waals surface area contributed by atoms with E-state index in [2.05, 4.69) is 5.92 Å². The van der Waals surface area contributed by atoms with E-state index in [9.17, 15) is 4.79 Å². The van der Waals surface area contributed by atoms with Crippen LogP contribution in [0.3, 0.4) is 0 Å². The number of unbranched alkanes of at least 4 members (excludes halogenated alkanes) is 1. The molecule has 0 fully saturated rings. The van der Waals surface area contributed by atoms with Crippen molar-refractivity contribution >= 4 is 5.78 Å². The first-order chi connectivity index (χ1) is 7.81. The lowest BCUT2D eigenvalue weighted by molar-refractivity contribution is 0.0980. The monoisotopic (exact) mass is 214 g/mol. The van der Waals surface area contributed by atoms with Gasteiger partial charge in [0, 0.05) is 24.8 Å². The SMILES string of the molecule is C#CCCCC(=O)c1ccc2c(c1)CCO2. The molecule has 1 aromatic rings. The molecule has 0 saturated heterocycles. The molecule has 0 aromatic heterocycles. The van der Waals surface area contributed by atoms with Crippen LogP contribution < -0.4 is 4.74 Å². The molecule has 0 atom stereocenters. The summed E-state index contributed by atoms with van der Waals surface area (Å²) in [7, 11) is 0. The van der Waals surface area contributed by atoms with E-state index in [1.807, 2.05) is 18.2 Å². The van der Waals surface area contributed by atoms with Gasteiger partial charge in [0.25, 0.3) is 0 Å². The van der Waals surface area contributed by atoms with Crippen LogP contribution in [-0.2, 0) is 6.42 Å². The number of fused-ring (bicyclic) bond motifs is 1. The Morgan fingerprint density at radius 1 is 1.50 bits per heavy atom. The number of hydrogen-bond acceptors (Lipinski definition) is 2. The first-order valence-corrected chi connectivity index (χ1v) is 5.53. The van der Waals surface area contributed by atoms with Crippen molar-refractivity contribution in [2.45, 2.75) is 25.7 Å². The van der Waals surface area contributed by atoms with E-state index in [0.717, 1.165) is 36.3 Å². The van der Waals surface area contributed by atoms with Crippen LogP contribution in [0.25, 0.3) is 0 Å². The third-order valence-electron chi connectivity index (χ3n) is 2.74. The van der Waals surface area contributed by atoms with E-state index < -0.39 is 0 Å². The Morgan fingerprint density at radius 2 is 2.38 bits per heavy atom. The number of ether oxygens (including phenoxy) is 1. The third kappa shape index (κ3) is 2.25. The van der Waals surface area contributed by atoms with Gasteiger partial charge in [0.05, 0.1) is 6.61 Å². The van der Waals surface area contributed by atoms with Crippen molar-refractivity contribution in [2.75, 3.05) is 6.61 Å². The van der Waals surface area contributed by atoms with Gasteiger partial charge in [-0.2, -0.15) is 0 Å². The van der Waals surface area contributed by atoms with Gasteiger partial charge in [-0.05, 0) is 30.2 Å². The van der Waals surface area contributed by atoms with Crippen molar-refractivity contribution in [1.82, 2.24) is 0 Å². The summed E-state index contributed by atoms with van der Waals surface area (Å²) < 4.78 is 5.39. The fraction of sp³-hybridized carbons (Fsp3) is 0.357. The van der Waals surface area contributed by atoms with Gasteiger partial charge in [-0.1, -0.05) is 0 Å². The summed E-state index contributed by atoms with van der Waals surface area (Å²) in [6, 6.07) is 5.67. The van der Waals surface area contributed by atoms with E-state index in [4.69, 9.17) is 11.2 Å². The lowest BCUT2D eigenvalue weighted by Crippen LogP contribution is -1.99. The molecule has 1 aliphatic heterocycles. The fourth-order valence-electron chi connectivity index (χ4n) is 1.86. The van der Waals surface area contributed by atoms with Crippen molar-refractivity contribution in [3.05, 3.63) is 29.3 Å². The second kappa shape index (κ2) is 4.85. The zero-order chi connectivity index (χ0) is 11.4. The molecule has 0 saturated carbocycles. The number of terminal acetylenes is 1. The van der Waals surface area contributed by atoms with E-state index in [-0.39, 0.29) is 5.78 Å². The number of rotatable bonds is 4. The molecule has 2 rings (SSSR count). The average molecular weight is 214 g/mol. The molecule has 2 heteroatoms. The molecule has 0 amide bonds. The van der Waals surface area contributed by atoms with Crippen LogP contribution in [0.1, 0.15) is 35.2 Å². The largest absolute Gasteiger partial charge is 0.493 e. The summed E-state index contributed by atoms with van der Waals surface area (Å²) in [5.41, 5.74) is 1.92. The number of carbonyl (C=O) groups is 1. The predicted octanol–water partition coefficient (Wildman–Crippen LogP) is 2.61. The molecule has 0 aliphatic carbocycles. The summed E-state index contributed by atoms with van der Waals surface area (Å²) in [6.07, 6.45) is 8.02. The third-order valence-corrected chi connectivity index (χ3v) is 2.74. The fourth-order valence-corrected chi connectivity index (χ4v) is 1.86. The maximum atomic E-state index is 11.8. The van der Waals surface area contributed by atoms with Crippen LogP contribution in [0, 0.1) is 12.3 Å². The normalized spacial score (nSPS) is 12.7. The summed E-state index contributed by atoms with van der Waals surface area (Å²) in [4.78, 5) is 11.8. The number of ketones is 1. The Hall–Kier alpha value is -1.75. The highest BCUT2D eigenvalue weighted by molar-refractivity contribution is 5.96. The molecule has 0 bridgehead atoms. The van der Waals surface area contributed by atoms with Gasteiger partial charge in [-0.15, -0.1) is 12.3 Å². The molecule has 0 radical (unpaired) electrons. The van der Waals surface area contributed by atoms with Crippen molar-refractivity contribution in [1.29, 1.82) is 0 Å². The molecule has 0 spiro atoms. The molecular formula is C14H14O2. The minimum Gasteiger partial charge on any atom is -0.493 e. The second-order valence-electron chi connectivity index (χ2n) is 3.90. The van der Waals surface area contributed by atoms with Gasteiger partial charge in [0.15, 0.2) is 5.78 Å². The lowest BCUT2D eigenvalue weighted by Gasteiger charge is -2.02. The number of Topliss-reactive ketones (excluding diaryl/α,β-unsaturated/α-hetero) is 1. The minimum atomic E-state index is 0.171. The van der Waals surface area contributed by atoms with Crippen LogP contribution in [-0.4, -0.2) is 12.4 Å². The van der Waals surface area contributed by atoms with E-state index >= 15 is 0 Å². The molecule has 16 heavy (non-hydrogen) atoms. The molecule has 82 valence electrons. The summed E-state index contributed by atoms with van der Waals surface area (Å²) in [5, 5.41) is 0. The number of benzene rings is 1. The molecule has 1 aromatic carbocycles. The van der Waals surface area contributed by atoms with Crippen molar-refractivity contribution < 1.29 is 9.53 Å². The van der Waals surface area contributed by atoms with Crippen molar-refractivity contribution in [3.63, 3.8) is 0 Å². The summed E-state index contributed by atoms with van der Waals surface area (Å²) in [6.45, 7) is 0.726. The van der Waals surface area contributed by atoms with Crippen LogP contribution in [0.15, 0.2) is 18.2 Å². The Balaban J connectivity index is 2.04. The Bertz CT molecular complexity index is 441. The van der Waals surface area contributed by atoms with E-state index in [0.29, 0.717) is 12.8 Å². The highest BCUT2D eigenvalue weighted by Gasteiger charge is 2.14. The maximum absolute atomic E-state index is 11.8. The first-order valence-electron chi connectivity index (χ1n) is 5.53. The van der Waals surface area contributed by atoms with Crippen LogP contribution in [0.5, 0.6) is 5.75 Å². The first kappa shape index (κ1) is 10.8. The zero-order valence-corrected chi connectivity index (χ0v) is 9.16. The number of carbonyl (C=O) groups excluding carboxylic acids is 1. The van der Waals surface area contributed by atoms with E-state index in [1.165, 1.54) is 0 Å². The van der Waals surface area contributed by atoms with E-state index in [1.54, 1.807) is 0 Å². The van der Waals surface area contributed by atoms with Gasteiger partial charge in [-0.3, -0.25) is 4.79 Å². The topological polar surface area (TPSA) is 26.3 Å². The second-order valence-corrected chi connectivity index (χ2v) is 3.90. The van der Waals surface area contributed by atoms with Gasteiger partial charge in [-0.25, -0.2) is 0 Å². The van der Waals surface area contributed by atoms with Crippen LogP contribution >= 0.6 is 0 Å². The number of hydrogen-bond donors (Lipinski definition) is 0. The highest BCUT2D eigenvalue weighted by Crippen LogP contribution is 2.26. The summed E-state index contributed by atoms with van der Waals surface area (Å²) >= 11 is 0. The summed E-state index contributed by atoms with van der Waals surface area (Å²) in [5.74, 6) is 3.63. The van der Waals surface area contributed by atoms with Crippen LogP contribution in [0.4, 0.5) is 0 Å². The average Bonchev–Trinajstić information content (AvgIpc) is 2.76. The minimum absolute atomic E-state index is 0.171. The predicted molar refractivity (Wildman–Crippen MR) is 62.7 cm³/mol. The molecular weight excluding hydrogens is 200 g/mol. The highest BCUT2D eigenvalue weighted by atomic mass is 16.5. The Labute approximate surface area is 95.6 Å². The Kier molecular flexibility index (Phi) is 3.26. The standard InChI is InChI=1S/C14H14O2/c1-2-3-4-5-13(15)11-6-7-14-12(10-11)8-9-16-14/h1,6-7,10H,3-5,8-9H2. The van der Waals surface area contributed by atoms with Gasteiger partial charge in [0.1, 0.15) is 5.75 Å². The molecule has 0 N–H and O–H groups in total. The lowest BCUT2D eigenvalue weighted by atomic mass is 10.0. The van der Waals surface area contributed by atoms with Gasteiger partial charge >= 0.3 is 0 Å². The zero-order valence-electron chi connectivity index (χ0n) is 9.16. The quantitative estimate of drug-likeness (QED) is 0.437. The molecule has 0 unspecified atom stereocenters. The Morgan fingerprint density at radius 3 is 3.19 bits per heavy atom. The smallest absolute Gasteiger partial charge is 0.162 e. The van der Waals surface area contributed by atoms with Gasteiger partial charge in [0.2, 0.25) is 0 Å². The molecule has 2 nitrogen and oxygen atoms in total. The molecule has 1 aliphatic rings. The van der Waals surface area contributed by atoms with Crippen LogP contribution in [0.2, 0.25) is 0 Å². The maximum Gasteiger partial charge on any atom is 0.162 e.